The van der Waals surface area contributed by atoms with Crippen molar-refractivity contribution in [1.82, 2.24) is 13.7 Å². The van der Waals surface area contributed by atoms with Gasteiger partial charge in [0, 0.05) is 121 Å². The molecule has 99 heavy (non-hydrogen) atoms. The molecule has 3 aromatic heterocycles. The fourth-order valence-corrected chi connectivity index (χ4v) is 16.1. The molecular weight excluding hydrogens is 1230 g/mol. The standard InChI is InChI=1S/C87H93N5O7/c1-8-18-59(29-35-70(55-97-57(6)93)66-37-45-82-74(51-66)72-23-15-16-24-80(72)90(82)9-2)25-26-62-32-44-81-73(50-62)75-52-68(39-46-83(75)91(81)10-3)79(89-99-87(96)64-21-13-12-14-22-64)43-31-61-27-33-63(34-28-61)65-36-41-71(56(5)49-65)86(95)69-40-48-85-77(54-69)76-53-67(38-47-84(76)92(85)11-4)78(88-98-58(7)94)42-30-60-19-17-20-60/h12-16,21-24,32,36-41,44-55,59-61,63H,8-11,17-20,25-31,33-35,42-43H2,1-7H3/b70-55+,88-78+,89-79+. The Morgan fingerprint density at radius 2 is 1.01 bits per heavy atom. The first-order chi connectivity index (χ1) is 48.3. The number of nitrogens with zero attached hydrogens (tertiary/aromatic N) is 5. The van der Waals surface area contributed by atoms with Crippen molar-refractivity contribution in [2.75, 3.05) is 0 Å². The van der Waals surface area contributed by atoms with E-state index in [1.54, 1.807) is 18.4 Å². The van der Waals surface area contributed by atoms with Crippen LogP contribution in [0.2, 0.25) is 0 Å². The third-order valence-corrected chi connectivity index (χ3v) is 21.7. The lowest BCUT2D eigenvalue weighted by atomic mass is 9.76. The van der Waals surface area contributed by atoms with Crippen LogP contribution >= 0.6 is 0 Å². The average molecular weight is 1320 g/mol. The summed E-state index contributed by atoms with van der Waals surface area (Å²) in [5, 5.41) is 15.9. The molecule has 2 aliphatic carbocycles. The number of oxime groups is 2. The van der Waals surface area contributed by atoms with Gasteiger partial charge in [-0.2, -0.15) is 0 Å². The highest BCUT2D eigenvalue weighted by atomic mass is 16.7. The Morgan fingerprint density at radius 1 is 0.485 bits per heavy atom. The van der Waals surface area contributed by atoms with E-state index in [-0.39, 0.29) is 11.8 Å². The lowest BCUT2D eigenvalue weighted by Gasteiger charge is -2.29. The van der Waals surface area contributed by atoms with Gasteiger partial charge in [-0.1, -0.05) is 128 Å². The summed E-state index contributed by atoms with van der Waals surface area (Å²) in [6, 6.07) is 56.9. The highest BCUT2D eigenvalue weighted by molar-refractivity contribution is 6.17. The van der Waals surface area contributed by atoms with Crippen LogP contribution < -0.4 is 0 Å². The summed E-state index contributed by atoms with van der Waals surface area (Å²) < 4.78 is 12.7. The summed E-state index contributed by atoms with van der Waals surface area (Å²) in [6.07, 6.45) is 18.9. The first-order valence-electron chi connectivity index (χ1n) is 36.5. The molecule has 8 aromatic carbocycles. The molecular formula is C87H93N5O7. The summed E-state index contributed by atoms with van der Waals surface area (Å²) in [6.45, 7) is 16.2. The Morgan fingerprint density at radius 3 is 1.59 bits per heavy atom. The van der Waals surface area contributed by atoms with E-state index in [9.17, 15) is 19.2 Å². The predicted molar refractivity (Wildman–Crippen MR) is 403 cm³/mol. The highest BCUT2D eigenvalue weighted by Gasteiger charge is 2.27. The molecule has 0 aliphatic heterocycles. The van der Waals surface area contributed by atoms with E-state index in [4.69, 9.17) is 19.6 Å². The van der Waals surface area contributed by atoms with Gasteiger partial charge in [-0.25, -0.2) is 9.59 Å². The zero-order chi connectivity index (χ0) is 68.7. The van der Waals surface area contributed by atoms with Crippen molar-refractivity contribution in [3.05, 3.63) is 220 Å². The molecule has 1 atom stereocenters. The van der Waals surface area contributed by atoms with Gasteiger partial charge in [0.1, 0.15) is 0 Å². The molecule has 2 aliphatic rings. The Labute approximate surface area is 581 Å². The zero-order valence-electron chi connectivity index (χ0n) is 58.7. The van der Waals surface area contributed by atoms with Crippen molar-refractivity contribution in [3.63, 3.8) is 0 Å². The molecule has 13 rings (SSSR count). The van der Waals surface area contributed by atoms with Crippen LogP contribution in [0.4, 0.5) is 0 Å². The lowest BCUT2D eigenvalue weighted by Crippen LogP contribution is -2.16. The minimum atomic E-state index is -0.482. The van der Waals surface area contributed by atoms with E-state index in [1.807, 2.05) is 30.3 Å². The Balaban J connectivity index is 0.693. The van der Waals surface area contributed by atoms with Crippen LogP contribution in [-0.2, 0) is 50.1 Å². The van der Waals surface area contributed by atoms with Crippen LogP contribution in [0.3, 0.4) is 0 Å². The van der Waals surface area contributed by atoms with Gasteiger partial charge in [-0.05, 0) is 241 Å². The lowest BCUT2D eigenvalue weighted by molar-refractivity contribution is -0.141. The first-order valence-corrected chi connectivity index (χ1v) is 36.5. The van der Waals surface area contributed by atoms with Gasteiger partial charge in [-0.15, -0.1) is 0 Å². The fraction of sp³-hybridized carbons (Fsp3) is 0.356. The quantitative estimate of drug-likeness (QED) is 0.0125. The van der Waals surface area contributed by atoms with Crippen molar-refractivity contribution in [3.8, 4) is 0 Å². The minimum absolute atomic E-state index is 0.00612. The first kappa shape index (κ1) is 67.9. The third-order valence-electron chi connectivity index (χ3n) is 21.7. The number of rotatable bonds is 27. The van der Waals surface area contributed by atoms with Gasteiger partial charge in [0.05, 0.1) is 23.2 Å². The maximum Gasteiger partial charge on any atom is 0.365 e. The Kier molecular flexibility index (Phi) is 21.0. The number of ketones is 1. The van der Waals surface area contributed by atoms with Gasteiger partial charge in [0.15, 0.2) is 5.78 Å². The second-order valence-electron chi connectivity index (χ2n) is 27.9. The Bertz CT molecular complexity index is 4930. The van der Waals surface area contributed by atoms with Crippen molar-refractivity contribution in [2.24, 2.45) is 28.1 Å². The number of aryl methyl sites for hydroxylation is 5. The van der Waals surface area contributed by atoms with Crippen LogP contribution in [0.5, 0.6) is 0 Å². The fourth-order valence-electron chi connectivity index (χ4n) is 16.1. The number of benzene rings is 8. The number of fused-ring (bicyclic) bond motifs is 9. The number of esters is 1. The number of ether oxygens (including phenoxy) is 1. The molecule has 0 spiro atoms. The molecule has 0 saturated heterocycles. The highest BCUT2D eigenvalue weighted by Crippen LogP contribution is 2.41. The molecule has 3 heterocycles. The molecule has 0 N–H and O–H groups in total. The van der Waals surface area contributed by atoms with E-state index in [2.05, 4.69) is 175 Å². The second kappa shape index (κ2) is 30.6. The third kappa shape index (κ3) is 14.7. The number of allylic oxidation sites excluding steroid dienone is 1. The summed E-state index contributed by atoms with van der Waals surface area (Å²) >= 11 is 0. The smallest absolute Gasteiger partial charge is 0.365 e. The zero-order valence-corrected chi connectivity index (χ0v) is 58.7. The van der Waals surface area contributed by atoms with Crippen LogP contribution in [0.1, 0.15) is 210 Å². The van der Waals surface area contributed by atoms with E-state index in [0.717, 1.165) is 175 Å². The molecule has 12 heteroatoms. The largest absolute Gasteiger partial charge is 0.434 e. The van der Waals surface area contributed by atoms with Crippen molar-refractivity contribution in [2.45, 2.75) is 183 Å². The summed E-state index contributed by atoms with van der Waals surface area (Å²) in [4.78, 5) is 63.3. The van der Waals surface area contributed by atoms with E-state index in [0.29, 0.717) is 46.8 Å². The molecule has 2 fully saturated rings. The Hall–Kier alpha value is -9.68. The maximum atomic E-state index is 14.6. The molecule has 12 nitrogen and oxygen atoms in total. The summed E-state index contributed by atoms with van der Waals surface area (Å²) in [5.74, 6) is 0.770. The molecule has 0 amide bonds. The number of carbonyl (C=O) groups is 4. The SMILES string of the molecule is CCCC(CC/C(=C\OC(C)=O)c1ccc2c(c1)c1ccccc1n2CC)CCc1ccc2c(c1)c1cc(/C(CCC3CCC(c4ccc(C(=O)c5ccc6c(c5)c5cc(/C(CCC7CCC7)=N/OC(C)=O)ccc5n6CC)c(C)c4)CC3)=N/OC(=O)c3ccccc3)ccc1n2CC. The molecule has 508 valence electrons. The topological polar surface area (TPSA) is 135 Å². The molecule has 1 unspecified atom stereocenters. The number of hydrogen-bond acceptors (Lipinski definition) is 9. The second-order valence-corrected chi connectivity index (χ2v) is 27.9. The van der Waals surface area contributed by atoms with E-state index < -0.39 is 11.9 Å². The van der Waals surface area contributed by atoms with Crippen LogP contribution in [0, 0.1) is 24.7 Å². The molecule has 0 bridgehead atoms. The van der Waals surface area contributed by atoms with Crippen molar-refractivity contribution < 1.29 is 33.6 Å². The van der Waals surface area contributed by atoms with Crippen LogP contribution in [0.25, 0.3) is 71.0 Å². The van der Waals surface area contributed by atoms with Gasteiger partial charge in [-0.3, -0.25) is 9.59 Å². The number of aromatic nitrogens is 3. The molecule has 2 saturated carbocycles. The van der Waals surface area contributed by atoms with Crippen molar-refractivity contribution in [1.29, 1.82) is 0 Å². The summed E-state index contributed by atoms with van der Waals surface area (Å²) in [7, 11) is 0. The number of carbonyl (C=O) groups excluding carboxylic acids is 4. The van der Waals surface area contributed by atoms with Crippen LogP contribution in [0.15, 0.2) is 180 Å². The van der Waals surface area contributed by atoms with Crippen molar-refractivity contribution >= 4 is 106 Å². The molecule has 11 aromatic rings. The van der Waals surface area contributed by atoms with Gasteiger partial charge < -0.3 is 28.1 Å². The van der Waals surface area contributed by atoms with Gasteiger partial charge in [0.25, 0.3) is 0 Å². The molecule has 0 radical (unpaired) electrons. The van der Waals surface area contributed by atoms with Gasteiger partial charge in [0.2, 0.25) is 0 Å². The number of para-hydroxylation sites is 1. The average Bonchev–Trinajstić information content (AvgIpc) is 1.68. The number of hydrogen-bond donors (Lipinski definition) is 0. The summed E-state index contributed by atoms with van der Waals surface area (Å²) in [5.41, 5.74) is 17.9. The normalized spacial score (nSPS) is 15.9. The minimum Gasteiger partial charge on any atom is -0.434 e. The predicted octanol–water partition coefficient (Wildman–Crippen LogP) is 21.5. The van der Waals surface area contributed by atoms with E-state index >= 15 is 0 Å². The maximum absolute atomic E-state index is 14.6. The van der Waals surface area contributed by atoms with Gasteiger partial charge >= 0.3 is 17.9 Å². The van der Waals surface area contributed by atoms with Crippen LogP contribution in [-0.4, -0.2) is 48.8 Å². The van der Waals surface area contributed by atoms with E-state index in [1.165, 1.54) is 76.9 Å². The monoisotopic (exact) mass is 1320 g/mol.